The third kappa shape index (κ3) is 10.1. The molecule has 1 N–H and O–H groups in total. The summed E-state index contributed by atoms with van der Waals surface area (Å²) in [7, 11) is 1.72. The molecule has 1 aromatic rings. The number of phenols is 1. The van der Waals surface area contributed by atoms with E-state index in [4.69, 9.17) is 9.67 Å². The maximum Gasteiger partial charge on any atom is 0.138 e. The number of phenolic OH excluding ortho intramolecular Hbond substituents is 1. The van der Waals surface area contributed by atoms with Gasteiger partial charge in [0, 0.05) is 0 Å². The van der Waals surface area contributed by atoms with Crippen molar-refractivity contribution >= 4 is 43.1 Å². The first-order valence-corrected chi connectivity index (χ1v) is 2.75. The van der Waals surface area contributed by atoms with E-state index in [1.54, 1.807) is 33.4 Å². The van der Waals surface area contributed by atoms with Crippen LogP contribution in [0.5, 0.6) is 5.75 Å². The Balaban J connectivity index is -0.000000149. The van der Waals surface area contributed by atoms with Crippen molar-refractivity contribution < 1.29 is 9.67 Å². The van der Waals surface area contributed by atoms with E-state index in [1.807, 2.05) is 6.07 Å². The Morgan fingerprint density at radius 1 is 1.00 bits per heavy atom. The molecule has 1 rings (SSSR count). The van der Waals surface area contributed by atoms with Crippen LogP contribution in [-0.4, -0.2) is 5.11 Å². The van der Waals surface area contributed by atoms with E-state index in [-0.39, 0.29) is 34.0 Å². The molecule has 2 nitrogen and oxygen atoms in total. The Hall–Kier alpha value is 0.0800. The lowest BCUT2D eigenvalue weighted by atomic mass is 10.3. The summed E-state index contributed by atoms with van der Waals surface area (Å²) >= 11 is 0. The molecule has 0 amide bonds. The van der Waals surface area contributed by atoms with E-state index in [2.05, 4.69) is 0 Å². The second-order valence-corrected chi connectivity index (χ2v) is 1.34. The molecule has 0 fully saturated rings. The maximum atomic E-state index is 8.63. The average Bonchev–Trinajstić information content (AvgIpc) is 1.94. The van der Waals surface area contributed by atoms with Crippen LogP contribution in [0.4, 0.5) is 0 Å². The van der Waals surface area contributed by atoms with Gasteiger partial charge in [-0.05, 0) is 12.1 Å². The van der Waals surface area contributed by atoms with Gasteiger partial charge in [0.15, 0.2) is 0 Å². The Morgan fingerprint density at radius 2 is 1.36 bits per heavy atom. The van der Waals surface area contributed by atoms with Crippen molar-refractivity contribution in [2.75, 3.05) is 0 Å². The summed E-state index contributed by atoms with van der Waals surface area (Å²) in [6.45, 7) is 0. The standard InChI is InChI=1S/C6H6O.2BrH.HOP/c7-6-4-2-1-3-5-6;;;1-2/h1-5,7H;2*1H;2H. The summed E-state index contributed by atoms with van der Waals surface area (Å²) in [5.41, 5.74) is 0. The summed E-state index contributed by atoms with van der Waals surface area (Å²) in [4.78, 5) is 0. The lowest BCUT2D eigenvalue weighted by molar-refractivity contribution is 0.475. The smallest absolute Gasteiger partial charge is 0.138 e. The van der Waals surface area contributed by atoms with Crippen molar-refractivity contribution in [2.45, 2.75) is 0 Å². The molecule has 5 heteroatoms. The topological polar surface area (TPSA) is 37.3 Å². The third-order valence-corrected chi connectivity index (χ3v) is 0.756. The van der Waals surface area contributed by atoms with Crippen LogP contribution in [-0.2, 0) is 4.57 Å². The molecule has 0 aliphatic carbocycles. The molecule has 0 radical (unpaired) electrons. The molecule has 0 heterocycles. The fraction of sp³-hybridized carbons (Fsp3) is 0. The van der Waals surface area contributed by atoms with Gasteiger partial charge in [0.05, 0.1) is 0 Å². The van der Waals surface area contributed by atoms with Crippen LogP contribution in [0.25, 0.3) is 0 Å². The van der Waals surface area contributed by atoms with Crippen molar-refractivity contribution in [1.29, 1.82) is 0 Å². The van der Waals surface area contributed by atoms with Crippen molar-refractivity contribution in [3.63, 3.8) is 0 Å². The van der Waals surface area contributed by atoms with Gasteiger partial charge in [-0.2, -0.15) is 0 Å². The highest BCUT2D eigenvalue weighted by Gasteiger charge is 1.74. The van der Waals surface area contributed by atoms with E-state index in [0.29, 0.717) is 5.75 Å². The highest BCUT2D eigenvalue weighted by Crippen LogP contribution is 2.02. The van der Waals surface area contributed by atoms with Gasteiger partial charge in [0.1, 0.15) is 14.9 Å². The first kappa shape index (κ1) is 17.2. The van der Waals surface area contributed by atoms with Crippen LogP contribution in [0.15, 0.2) is 30.3 Å². The van der Waals surface area contributed by atoms with Gasteiger partial charge in [-0.3, -0.25) is 4.57 Å². The largest absolute Gasteiger partial charge is 0.508 e. The van der Waals surface area contributed by atoms with E-state index in [0.717, 1.165) is 0 Å². The molecule has 1 aromatic carbocycles. The second kappa shape index (κ2) is 12.7. The Labute approximate surface area is 88.8 Å². The van der Waals surface area contributed by atoms with E-state index < -0.39 is 0 Å². The molecule has 0 saturated carbocycles. The average molecular weight is 304 g/mol. The lowest BCUT2D eigenvalue weighted by Crippen LogP contribution is -1.56. The predicted octanol–water partition coefficient (Wildman–Crippen LogP) is 3.02. The van der Waals surface area contributed by atoms with Crippen LogP contribution >= 0.6 is 43.1 Å². The van der Waals surface area contributed by atoms with Gasteiger partial charge in [0.2, 0.25) is 0 Å². The number of benzene rings is 1. The first-order chi connectivity index (χ1) is 4.39. The molecule has 0 aliphatic heterocycles. The van der Waals surface area contributed by atoms with Crippen LogP contribution in [0.1, 0.15) is 0 Å². The molecule has 0 atom stereocenters. The number of hydrogen-bond donors (Lipinski definition) is 1. The quantitative estimate of drug-likeness (QED) is 0.748. The zero-order valence-corrected chi connectivity index (χ0v) is 9.98. The van der Waals surface area contributed by atoms with Crippen LogP contribution in [0, 0.1) is 0 Å². The molecule has 0 aromatic heterocycles. The minimum atomic E-state index is 0. The molecule has 0 unspecified atom stereocenters. The fourth-order valence-electron chi connectivity index (χ4n) is 0.428. The molecular weight excluding hydrogens is 295 g/mol. The summed E-state index contributed by atoms with van der Waals surface area (Å²) < 4.78 is 8.06. The minimum absolute atomic E-state index is 0. The van der Waals surface area contributed by atoms with Crippen molar-refractivity contribution in [3.05, 3.63) is 30.3 Å². The highest BCUT2D eigenvalue weighted by atomic mass is 79.9. The van der Waals surface area contributed by atoms with E-state index in [9.17, 15) is 0 Å². The number of para-hydroxylation sites is 1. The molecule has 11 heavy (non-hydrogen) atoms. The van der Waals surface area contributed by atoms with Crippen molar-refractivity contribution in [3.8, 4) is 5.75 Å². The molecule has 0 saturated heterocycles. The van der Waals surface area contributed by atoms with E-state index in [1.165, 1.54) is 0 Å². The lowest BCUT2D eigenvalue weighted by Gasteiger charge is -1.82. The van der Waals surface area contributed by atoms with E-state index >= 15 is 0 Å². The molecule has 0 aliphatic rings. The van der Waals surface area contributed by atoms with Gasteiger partial charge in [-0.1, -0.05) is 18.2 Å². The first-order valence-electron chi connectivity index (χ1n) is 2.34. The highest BCUT2D eigenvalue weighted by molar-refractivity contribution is 8.93. The molecule has 0 spiro atoms. The summed E-state index contributed by atoms with van der Waals surface area (Å²) in [6.07, 6.45) is 0. The van der Waals surface area contributed by atoms with Gasteiger partial charge >= 0.3 is 0 Å². The Kier molecular flexibility index (Phi) is 20.0. The van der Waals surface area contributed by atoms with Gasteiger partial charge in [-0.25, -0.2) is 0 Å². The third-order valence-electron chi connectivity index (χ3n) is 0.756. The van der Waals surface area contributed by atoms with Crippen molar-refractivity contribution in [2.24, 2.45) is 0 Å². The van der Waals surface area contributed by atoms with Gasteiger partial charge < -0.3 is 5.11 Å². The zero-order valence-electron chi connectivity index (χ0n) is 5.56. The van der Waals surface area contributed by atoms with Gasteiger partial charge in [0.25, 0.3) is 0 Å². The number of rotatable bonds is 0. The SMILES string of the molecule is Br.Br.O=P.Oc1ccccc1. The van der Waals surface area contributed by atoms with Crippen molar-refractivity contribution in [1.82, 2.24) is 0 Å². The van der Waals surface area contributed by atoms with Crippen LogP contribution in [0.3, 0.4) is 0 Å². The fourth-order valence-corrected chi connectivity index (χ4v) is 0.428. The number of hydrogen-bond acceptors (Lipinski definition) is 2. The second-order valence-electron chi connectivity index (χ2n) is 1.34. The minimum Gasteiger partial charge on any atom is -0.508 e. The molecule has 0 bridgehead atoms. The van der Waals surface area contributed by atoms with Gasteiger partial charge in [-0.15, -0.1) is 34.0 Å². The predicted molar refractivity (Wildman–Crippen MR) is 57.8 cm³/mol. The van der Waals surface area contributed by atoms with Crippen LogP contribution < -0.4 is 0 Å². The number of aromatic hydroxyl groups is 1. The number of halogens is 2. The van der Waals surface area contributed by atoms with Crippen LogP contribution in [0.2, 0.25) is 0 Å². The summed E-state index contributed by atoms with van der Waals surface area (Å²) in [6, 6.07) is 8.71. The zero-order chi connectivity index (χ0) is 7.11. The summed E-state index contributed by atoms with van der Waals surface area (Å²) in [5, 5.41) is 8.63. The molecule has 64 valence electrons. The normalized spacial score (nSPS) is 5.82. The monoisotopic (exact) mass is 302 g/mol. The molecular formula is C6H9Br2O2P. The maximum absolute atomic E-state index is 8.63. The Bertz CT molecular complexity index is 160. The Morgan fingerprint density at radius 3 is 1.55 bits per heavy atom. The summed E-state index contributed by atoms with van der Waals surface area (Å²) in [5.74, 6) is 0.322.